The zero-order chi connectivity index (χ0) is 14.0. The van der Waals surface area contributed by atoms with Crippen LogP contribution >= 0.6 is 0 Å². The van der Waals surface area contributed by atoms with Gasteiger partial charge in [0.05, 0.1) is 12.5 Å². The van der Waals surface area contributed by atoms with Crippen molar-refractivity contribution in [3.8, 4) is 6.07 Å². The van der Waals surface area contributed by atoms with Gasteiger partial charge in [0, 0.05) is 18.7 Å². The number of primary sulfonamides is 1. The molecular formula is C12H13N3O3S. The summed E-state index contributed by atoms with van der Waals surface area (Å²) >= 11 is 0. The van der Waals surface area contributed by atoms with Crippen LogP contribution in [-0.2, 0) is 21.2 Å². The van der Waals surface area contributed by atoms with Crippen LogP contribution in [0.2, 0.25) is 0 Å². The number of benzene rings is 1. The number of anilines is 1. The Morgan fingerprint density at radius 2 is 2.00 bits per heavy atom. The summed E-state index contributed by atoms with van der Waals surface area (Å²) < 4.78 is 22.5. The molecule has 1 amide bonds. The minimum atomic E-state index is -3.70. The molecule has 0 bridgehead atoms. The maximum Gasteiger partial charge on any atom is 0.228 e. The fraction of sp³-hybridized carbons (Fsp3) is 0.333. The number of sulfonamides is 1. The second kappa shape index (κ2) is 4.99. The maximum atomic E-state index is 11.8. The Morgan fingerprint density at radius 1 is 1.37 bits per heavy atom. The van der Waals surface area contributed by atoms with Crippen molar-refractivity contribution in [3.63, 3.8) is 0 Å². The Kier molecular flexibility index (Phi) is 3.55. The van der Waals surface area contributed by atoms with E-state index >= 15 is 0 Å². The summed E-state index contributed by atoms with van der Waals surface area (Å²) in [4.78, 5) is 13.2. The third-order valence-electron chi connectivity index (χ3n) is 3.09. The molecule has 0 aliphatic carbocycles. The van der Waals surface area contributed by atoms with Gasteiger partial charge < -0.3 is 4.90 Å². The van der Waals surface area contributed by atoms with Gasteiger partial charge in [-0.25, -0.2) is 13.6 Å². The van der Waals surface area contributed by atoms with Gasteiger partial charge in [0.2, 0.25) is 15.9 Å². The Labute approximate surface area is 111 Å². The van der Waals surface area contributed by atoms with E-state index in [2.05, 4.69) is 0 Å². The minimum Gasteiger partial charge on any atom is -0.311 e. The molecule has 1 aromatic rings. The van der Waals surface area contributed by atoms with Crippen molar-refractivity contribution in [2.24, 2.45) is 5.14 Å². The quantitative estimate of drug-likeness (QED) is 0.850. The molecule has 1 unspecified atom stereocenters. The van der Waals surface area contributed by atoms with E-state index in [4.69, 9.17) is 10.4 Å². The van der Waals surface area contributed by atoms with Gasteiger partial charge in [-0.1, -0.05) is 12.1 Å². The zero-order valence-electron chi connectivity index (χ0n) is 10.1. The first-order valence-corrected chi connectivity index (χ1v) is 7.30. The summed E-state index contributed by atoms with van der Waals surface area (Å²) in [5.41, 5.74) is 1.47. The SMILES string of the molecule is N#CCc1ccc(N2CC(S(N)(=O)=O)CC2=O)cc1. The summed E-state index contributed by atoms with van der Waals surface area (Å²) in [6.45, 7) is 0.0786. The van der Waals surface area contributed by atoms with Crippen molar-refractivity contribution >= 4 is 21.6 Å². The van der Waals surface area contributed by atoms with Crippen LogP contribution in [0, 0.1) is 11.3 Å². The molecule has 2 N–H and O–H groups in total. The van der Waals surface area contributed by atoms with E-state index in [1.165, 1.54) is 4.90 Å². The lowest BCUT2D eigenvalue weighted by Gasteiger charge is -2.16. The fourth-order valence-electron chi connectivity index (χ4n) is 2.03. The van der Waals surface area contributed by atoms with Crippen molar-refractivity contribution in [2.75, 3.05) is 11.4 Å². The Hall–Kier alpha value is -1.91. The summed E-state index contributed by atoms with van der Waals surface area (Å²) in [7, 11) is -3.70. The first-order chi connectivity index (χ1) is 8.91. The number of nitrogens with zero attached hydrogens (tertiary/aromatic N) is 2. The van der Waals surface area contributed by atoms with E-state index in [1.54, 1.807) is 24.3 Å². The number of carbonyl (C=O) groups excluding carboxylic acids is 1. The van der Waals surface area contributed by atoms with E-state index in [0.717, 1.165) is 5.56 Å². The molecule has 1 saturated heterocycles. The third kappa shape index (κ3) is 2.92. The number of hydrogen-bond donors (Lipinski definition) is 1. The lowest BCUT2D eigenvalue weighted by molar-refractivity contribution is -0.117. The number of hydrogen-bond acceptors (Lipinski definition) is 4. The molecule has 1 aliphatic heterocycles. The van der Waals surface area contributed by atoms with Gasteiger partial charge in [0.1, 0.15) is 5.25 Å². The molecular weight excluding hydrogens is 266 g/mol. The van der Waals surface area contributed by atoms with Crippen LogP contribution in [0.15, 0.2) is 24.3 Å². The van der Waals surface area contributed by atoms with Gasteiger partial charge in [0.25, 0.3) is 0 Å². The summed E-state index contributed by atoms with van der Waals surface area (Å²) in [6, 6.07) is 8.93. The van der Waals surface area contributed by atoms with Gasteiger partial charge >= 0.3 is 0 Å². The van der Waals surface area contributed by atoms with Crippen LogP contribution in [0.25, 0.3) is 0 Å². The van der Waals surface area contributed by atoms with Gasteiger partial charge in [-0.3, -0.25) is 4.79 Å². The number of nitrogens with two attached hydrogens (primary N) is 1. The Bertz CT molecular complexity index is 631. The summed E-state index contributed by atoms with van der Waals surface area (Å²) in [5, 5.41) is 12.8. The third-order valence-corrected chi connectivity index (χ3v) is 4.33. The molecule has 1 aromatic carbocycles. The van der Waals surface area contributed by atoms with Crippen LogP contribution in [0.5, 0.6) is 0 Å². The van der Waals surface area contributed by atoms with Crippen LogP contribution in [0.3, 0.4) is 0 Å². The Balaban J connectivity index is 2.19. The van der Waals surface area contributed by atoms with Crippen molar-refractivity contribution < 1.29 is 13.2 Å². The van der Waals surface area contributed by atoms with Crippen molar-refractivity contribution in [2.45, 2.75) is 18.1 Å². The van der Waals surface area contributed by atoms with Gasteiger partial charge in [0.15, 0.2) is 0 Å². The molecule has 100 valence electrons. The monoisotopic (exact) mass is 279 g/mol. The standard InChI is InChI=1S/C12H13N3O3S/c13-6-5-9-1-3-10(4-2-9)15-8-11(7-12(15)16)19(14,17)18/h1-4,11H,5,7-8H2,(H2,14,17,18). The van der Waals surface area contributed by atoms with E-state index in [0.29, 0.717) is 12.1 Å². The zero-order valence-corrected chi connectivity index (χ0v) is 10.9. The highest BCUT2D eigenvalue weighted by Gasteiger charge is 2.37. The fourth-order valence-corrected chi connectivity index (χ4v) is 2.76. The predicted octanol–water partition coefficient (Wildman–Crippen LogP) is 0.146. The average Bonchev–Trinajstić information content (AvgIpc) is 2.73. The van der Waals surface area contributed by atoms with Crippen LogP contribution in [0.4, 0.5) is 5.69 Å². The molecule has 7 heteroatoms. The van der Waals surface area contributed by atoms with Gasteiger partial charge in [-0.15, -0.1) is 0 Å². The highest BCUT2D eigenvalue weighted by molar-refractivity contribution is 7.89. The molecule has 0 saturated carbocycles. The van der Waals surface area contributed by atoms with Crippen molar-refractivity contribution in [1.29, 1.82) is 5.26 Å². The number of nitriles is 1. The van der Waals surface area contributed by atoms with Crippen molar-refractivity contribution in [3.05, 3.63) is 29.8 Å². The van der Waals surface area contributed by atoms with E-state index < -0.39 is 15.3 Å². The molecule has 19 heavy (non-hydrogen) atoms. The lowest BCUT2D eigenvalue weighted by Crippen LogP contribution is -2.32. The number of carbonyl (C=O) groups is 1. The number of amides is 1. The summed E-state index contributed by atoms with van der Waals surface area (Å²) in [6.07, 6.45) is 0.215. The molecule has 6 nitrogen and oxygen atoms in total. The van der Waals surface area contributed by atoms with Crippen LogP contribution in [0.1, 0.15) is 12.0 Å². The second-order valence-electron chi connectivity index (χ2n) is 4.42. The second-order valence-corrected chi connectivity index (χ2v) is 6.27. The van der Waals surface area contributed by atoms with E-state index in [-0.39, 0.29) is 18.9 Å². The molecule has 1 heterocycles. The highest BCUT2D eigenvalue weighted by Crippen LogP contribution is 2.24. The first-order valence-electron chi connectivity index (χ1n) is 5.69. The van der Waals surface area contributed by atoms with E-state index in [1.807, 2.05) is 6.07 Å². The van der Waals surface area contributed by atoms with E-state index in [9.17, 15) is 13.2 Å². The largest absolute Gasteiger partial charge is 0.311 e. The Morgan fingerprint density at radius 3 is 2.47 bits per heavy atom. The average molecular weight is 279 g/mol. The molecule has 0 aromatic heterocycles. The smallest absolute Gasteiger partial charge is 0.228 e. The topological polar surface area (TPSA) is 104 Å². The maximum absolute atomic E-state index is 11.8. The highest BCUT2D eigenvalue weighted by atomic mass is 32.2. The molecule has 1 aliphatic rings. The molecule has 0 spiro atoms. The minimum absolute atomic E-state index is 0.0786. The molecule has 1 fully saturated rings. The predicted molar refractivity (Wildman–Crippen MR) is 69.6 cm³/mol. The first kappa shape index (κ1) is 13.5. The summed E-state index contributed by atoms with van der Waals surface area (Å²) in [5.74, 6) is -0.257. The molecule has 1 atom stereocenters. The molecule has 2 rings (SSSR count). The lowest BCUT2D eigenvalue weighted by atomic mass is 10.1. The van der Waals surface area contributed by atoms with Gasteiger partial charge in [-0.05, 0) is 17.7 Å². The van der Waals surface area contributed by atoms with Gasteiger partial charge in [-0.2, -0.15) is 5.26 Å². The number of rotatable bonds is 3. The molecule has 0 radical (unpaired) electrons. The van der Waals surface area contributed by atoms with Crippen LogP contribution in [-0.4, -0.2) is 26.1 Å². The van der Waals surface area contributed by atoms with Crippen molar-refractivity contribution in [1.82, 2.24) is 0 Å². The van der Waals surface area contributed by atoms with Crippen LogP contribution < -0.4 is 10.0 Å². The normalized spacial score (nSPS) is 19.5.